The Labute approximate surface area is 198 Å². The highest BCUT2D eigenvalue weighted by Gasteiger charge is 2.33. The number of aromatic nitrogens is 2. The van der Waals surface area contributed by atoms with Gasteiger partial charge in [0.25, 0.3) is 0 Å². The average Bonchev–Trinajstić information content (AvgIpc) is 3.26. The molecule has 1 aliphatic heterocycles. The van der Waals surface area contributed by atoms with Crippen molar-refractivity contribution in [1.29, 1.82) is 0 Å². The molecule has 0 radical (unpaired) electrons. The van der Waals surface area contributed by atoms with Crippen molar-refractivity contribution < 1.29 is 22.0 Å². The van der Waals surface area contributed by atoms with Crippen LogP contribution >= 0.6 is 0 Å². The number of hydrogen-bond acceptors (Lipinski definition) is 6. The van der Waals surface area contributed by atoms with Gasteiger partial charge in [-0.05, 0) is 54.2 Å². The zero-order chi connectivity index (χ0) is 24.3. The van der Waals surface area contributed by atoms with E-state index in [0.29, 0.717) is 37.6 Å². The summed E-state index contributed by atoms with van der Waals surface area (Å²) in [5, 5.41) is 10.5. The predicted molar refractivity (Wildman–Crippen MR) is 124 cm³/mol. The largest absolute Gasteiger partial charge is 0.407 e. The van der Waals surface area contributed by atoms with E-state index in [2.05, 4.69) is 41.5 Å². The third kappa shape index (κ3) is 5.51. The number of rotatable bonds is 7. The normalized spacial score (nSPS) is 17.1. The van der Waals surface area contributed by atoms with Gasteiger partial charge in [-0.15, -0.1) is 5.10 Å². The minimum Gasteiger partial charge on any atom is -0.407 e. The molecule has 8 nitrogen and oxygen atoms in total. The second-order valence-corrected chi connectivity index (χ2v) is 10.7. The van der Waals surface area contributed by atoms with Gasteiger partial charge in [-0.1, -0.05) is 43.2 Å². The van der Waals surface area contributed by atoms with Gasteiger partial charge >= 0.3 is 6.01 Å². The molecule has 1 N–H and O–H groups in total. The van der Waals surface area contributed by atoms with Crippen LogP contribution in [0.15, 0.2) is 57.8 Å². The SMILES string of the molecule is CC(C)c1ccc(Cc2nnc(NC(=O)C3CCCN(S(=O)(=O)c4ccc(F)cc4)C3)o2)cc1. The van der Waals surface area contributed by atoms with Crippen molar-refractivity contribution in [3.05, 3.63) is 71.4 Å². The summed E-state index contributed by atoms with van der Waals surface area (Å²) in [5.74, 6) is -0.642. The van der Waals surface area contributed by atoms with Gasteiger partial charge in [-0.3, -0.25) is 10.1 Å². The number of benzene rings is 2. The number of carbonyl (C=O) groups is 1. The van der Waals surface area contributed by atoms with Crippen LogP contribution in [0.5, 0.6) is 0 Å². The average molecular weight is 487 g/mol. The number of hydrogen-bond donors (Lipinski definition) is 1. The first-order chi connectivity index (χ1) is 16.2. The lowest BCUT2D eigenvalue weighted by Gasteiger charge is -2.30. The van der Waals surface area contributed by atoms with Gasteiger partial charge in [-0.2, -0.15) is 4.31 Å². The molecule has 1 aliphatic rings. The smallest absolute Gasteiger partial charge is 0.322 e. The molecule has 2 heterocycles. The van der Waals surface area contributed by atoms with Gasteiger partial charge in [0, 0.05) is 13.1 Å². The molecule has 3 aromatic rings. The lowest BCUT2D eigenvalue weighted by molar-refractivity contribution is -0.121. The van der Waals surface area contributed by atoms with E-state index < -0.39 is 21.8 Å². The van der Waals surface area contributed by atoms with Gasteiger partial charge in [0.1, 0.15) is 5.82 Å². The Morgan fingerprint density at radius 3 is 2.53 bits per heavy atom. The second kappa shape index (κ2) is 10.0. The monoisotopic (exact) mass is 486 g/mol. The van der Waals surface area contributed by atoms with Crippen LogP contribution in [0.2, 0.25) is 0 Å². The van der Waals surface area contributed by atoms with Crippen molar-refractivity contribution in [1.82, 2.24) is 14.5 Å². The van der Waals surface area contributed by atoms with Crippen LogP contribution in [0, 0.1) is 11.7 Å². The van der Waals surface area contributed by atoms with E-state index in [4.69, 9.17) is 4.42 Å². The molecule has 1 fully saturated rings. The number of sulfonamides is 1. The van der Waals surface area contributed by atoms with Crippen LogP contribution in [0.3, 0.4) is 0 Å². The van der Waals surface area contributed by atoms with Crippen molar-refractivity contribution in [2.75, 3.05) is 18.4 Å². The molecule has 2 aromatic carbocycles. The molecule has 0 bridgehead atoms. The lowest BCUT2D eigenvalue weighted by Crippen LogP contribution is -2.43. The molecule has 1 saturated heterocycles. The van der Waals surface area contributed by atoms with Gasteiger partial charge in [-0.25, -0.2) is 12.8 Å². The van der Waals surface area contributed by atoms with Crippen LogP contribution < -0.4 is 5.32 Å². The Morgan fingerprint density at radius 1 is 1.15 bits per heavy atom. The molecule has 1 aromatic heterocycles. The van der Waals surface area contributed by atoms with E-state index in [1.54, 1.807) is 0 Å². The van der Waals surface area contributed by atoms with Crippen molar-refractivity contribution in [3.8, 4) is 0 Å². The highest BCUT2D eigenvalue weighted by atomic mass is 32.2. The molecule has 0 aliphatic carbocycles. The standard InChI is InChI=1S/C24H27FN4O4S/c1-16(2)18-7-5-17(6-8-18)14-22-27-28-24(33-22)26-23(30)19-4-3-13-29(15-19)34(31,32)21-11-9-20(25)10-12-21/h5-12,16,19H,3-4,13-15H2,1-2H3,(H,26,28,30). The van der Waals surface area contributed by atoms with Gasteiger partial charge in [0.05, 0.1) is 17.2 Å². The molecule has 0 spiro atoms. The summed E-state index contributed by atoms with van der Waals surface area (Å²) >= 11 is 0. The molecule has 1 amide bonds. The van der Waals surface area contributed by atoms with E-state index in [1.807, 2.05) is 12.1 Å². The van der Waals surface area contributed by atoms with Crippen LogP contribution in [0.25, 0.3) is 0 Å². The molecule has 10 heteroatoms. The lowest BCUT2D eigenvalue weighted by atomic mass is 9.99. The Morgan fingerprint density at radius 2 is 1.85 bits per heavy atom. The summed E-state index contributed by atoms with van der Waals surface area (Å²) in [5.41, 5.74) is 2.25. The zero-order valence-corrected chi connectivity index (χ0v) is 19.9. The maximum atomic E-state index is 13.2. The Kier molecular flexibility index (Phi) is 7.08. The molecular weight excluding hydrogens is 459 g/mol. The van der Waals surface area contributed by atoms with Crippen molar-refractivity contribution in [3.63, 3.8) is 0 Å². The Hall–Kier alpha value is -3.11. The fourth-order valence-electron chi connectivity index (χ4n) is 3.91. The van der Waals surface area contributed by atoms with E-state index in [9.17, 15) is 17.6 Å². The van der Waals surface area contributed by atoms with E-state index in [0.717, 1.165) is 17.7 Å². The highest BCUT2D eigenvalue weighted by Crippen LogP contribution is 2.25. The molecule has 1 unspecified atom stereocenters. The van der Waals surface area contributed by atoms with Crippen molar-refractivity contribution >= 4 is 21.9 Å². The van der Waals surface area contributed by atoms with E-state index in [1.165, 1.54) is 22.0 Å². The molecular formula is C24H27FN4O4S. The maximum Gasteiger partial charge on any atom is 0.322 e. The summed E-state index contributed by atoms with van der Waals surface area (Å²) in [6, 6.07) is 12.8. The number of amides is 1. The summed E-state index contributed by atoms with van der Waals surface area (Å²) < 4.78 is 45.8. The maximum absolute atomic E-state index is 13.2. The van der Waals surface area contributed by atoms with Crippen LogP contribution in [-0.2, 0) is 21.2 Å². The fourth-order valence-corrected chi connectivity index (χ4v) is 5.43. The minimum atomic E-state index is -3.82. The van der Waals surface area contributed by atoms with Gasteiger partial charge in [0.15, 0.2) is 0 Å². The van der Waals surface area contributed by atoms with Crippen LogP contribution in [-0.4, -0.2) is 41.9 Å². The second-order valence-electron chi connectivity index (χ2n) is 8.72. The Balaban J connectivity index is 1.37. The summed E-state index contributed by atoms with van der Waals surface area (Å²) in [4.78, 5) is 12.8. The highest BCUT2D eigenvalue weighted by molar-refractivity contribution is 7.89. The number of nitrogens with one attached hydrogen (secondary N) is 1. The van der Waals surface area contributed by atoms with Gasteiger partial charge < -0.3 is 4.42 Å². The summed E-state index contributed by atoms with van der Waals surface area (Å²) in [6.07, 6.45) is 1.50. The van der Waals surface area contributed by atoms with Crippen molar-refractivity contribution in [2.24, 2.45) is 5.92 Å². The first-order valence-electron chi connectivity index (χ1n) is 11.2. The number of nitrogens with zero attached hydrogens (tertiary/aromatic N) is 3. The number of anilines is 1. The fraction of sp³-hybridized carbons (Fsp3) is 0.375. The topological polar surface area (TPSA) is 105 Å². The molecule has 1 atom stereocenters. The van der Waals surface area contributed by atoms with E-state index >= 15 is 0 Å². The third-order valence-corrected chi connectivity index (χ3v) is 7.78. The molecule has 34 heavy (non-hydrogen) atoms. The van der Waals surface area contributed by atoms with Gasteiger partial charge in [0.2, 0.25) is 21.8 Å². The summed E-state index contributed by atoms with van der Waals surface area (Å²) in [6.45, 7) is 4.58. The van der Waals surface area contributed by atoms with Crippen LogP contribution in [0.1, 0.15) is 49.6 Å². The quantitative estimate of drug-likeness (QED) is 0.542. The number of piperidine rings is 1. The first-order valence-corrected chi connectivity index (χ1v) is 12.6. The van der Waals surface area contributed by atoms with Crippen molar-refractivity contribution in [2.45, 2.75) is 43.9 Å². The predicted octanol–water partition coefficient (Wildman–Crippen LogP) is 3.96. The number of carbonyl (C=O) groups excluding carboxylic acids is 1. The first kappa shape index (κ1) is 24.0. The number of halogens is 1. The molecule has 4 rings (SSSR count). The molecule has 0 saturated carbocycles. The van der Waals surface area contributed by atoms with E-state index in [-0.39, 0.29) is 23.4 Å². The third-order valence-electron chi connectivity index (χ3n) is 5.91. The molecule has 180 valence electrons. The van der Waals surface area contributed by atoms with Crippen LogP contribution in [0.4, 0.5) is 10.4 Å². The summed E-state index contributed by atoms with van der Waals surface area (Å²) in [7, 11) is -3.82. The Bertz CT molecular complexity index is 1240. The minimum absolute atomic E-state index is 0.00192. The zero-order valence-electron chi connectivity index (χ0n) is 19.1.